The lowest BCUT2D eigenvalue weighted by atomic mass is 9.96. The van der Waals surface area contributed by atoms with Gasteiger partial charge in [-0.2, -0.15) is 0 Å². The number of benzene rings is 1. The fraction of sp³-hybridized carbons (Fsp3) is 0.579. The fourth-order valence-electron chi connectivity index (χ4n) is 2.97. The zero-order valence-electron chi connectivity index (χ0n) is 15.7. The Morgan fingerprint density at radius 2 is 1.96 bits per heavy atom. The van der Waals surface area contributed by atoms with Crippen molar-refractivity contribution in [3.8, 4) is 0 Å². The molecule has 1 aromatic rings. The van der Waals surface area contributed by atoms with Crippen LogP contribution in [0, 0.1) is 5.92 Å². The Morgan fingerprint density at radius 1 is 1.27 bits per heavy atom. The summed E-state index contributed by atoms with van der Waals surface area (Å²) in [7, 11) is 1.76. The molecule has 7 heteroatoms. The summed E-state index contributed by atoms with van der Waals surface area (Å²) < 4.78 is 5.42. The number of carbonyl (C=O) groups excluding carboxylic acids is 2. The second-order valence-corrected chi connectivity index (χ2v) is 8.52. The van der Waals surface area contributed by atoms with Crippen LogP contribution in [0.25, 0.3) is 0 Å². The second kappa shape index (κ2) is 8.49. The predicted molar refractivity (Wildman–Crippen MR) is 103 cm³/mol. The van der Waals surface area contributed by atoms with Crippen LogP contribution in [0.4, 0.5) is 4.79 Å². The van der Waals surface area contributed by atoms with E-state index in [2.05, 4.69) is 0 Å². The summed E-state index contributed by atoms with van der Waals surface area (Å²) in [4.78, 5) is 28.4. The van der Waals surface area contributed by atoms with E-state index in [1.54, 1.807) is 29.0 Å². The van der Waals surface area contributed by atoms with E-state index in [4.69, 9.17) is 27.9 Å². The van der Waals surface area contributed by atoms with Crippen molar-refractivity contribution in [1.82, 2.24) is 9.80 Å². The van der Waals surface area contributed by atoms with Crippen molar-refractivity contribution in [1.29, 1.82) is 0 Å². The highest BCUT2D eigenvalue weighted by Gasteiger charge is 2.32. The molecule has 1 aromatic carbocycles. The van der Waals surface area contributed by atoms with Crippen LogP contribution >= 0.6 is 23.2 Å². The van der Waals surface area contributed by atoms with Crippen molar-refractivity contribution in [3.63, 3.8) is 0 Å². The van der Waals surface area contributed by atoms with Gasteiger partial charge in [0.25, 0.3) is 0 Å². The maximum Gasteiger partial charge on any atom is 0.410 e. The summed E-state index contributed by atoms with van der Waals surface area (Å²) >= 11 is 12.0. The lowest BCUT2D eigenvalue weighted by Gasteiger charge is -2.35. The predicted octanol–water partition coefficient (Wildman–Crippen LogP) is 4.60. The average Bonchev–Trinajstić information content (AvgIpc) is 2.56. The zero-order chi connectivity index (χ0) is 19.5. The molecule has 0 saturated carbocycles. The van der Waals surface area contributed by atoms with E-state index >= 15 is 0 Å². The number of piperidine rings is 1. The van der Waals surface area contributed by atoms with Crippen LogP contribution in [0.2, 0.25) is 10.0 Å². The third-order valence-corrected chi connectivity index (χ3v) is 4.94. The first kappa shape index (κ1) is 20.8. The number of rotatable bonds is 3. The van der Waals surface area contributed by atoms with Crippen LogP contribution in [0.3, 0.4) is 0 Å². The molecule has 5 nitrogen and oxygen atoms in total. The first-order chi connectivity index (χ1) is 12.1. The number of hydrogen-bond acceptors (Lipinski definition) is 3. The minimum absolute atomic E-state index is 0.0179. The molecule has 0 bridgehead atoms. The summed E-state index contributed by atoms with van der Waals surface area (Å²) in [5, 5.41) is 0.962. The highest BCUT2D eigenvalue weighted by Crippen LogP contribution is 2.25. The van der Waals surface area contributed by atoms with Gasteiger partial charge in [0.05, 0.1) is 16.0 Å². The summed E-state index contributed by atoms with van der Waals surface area (Å²) in [6.07, 6.45) is 1.20. The molecular formula is C19H26Cl2N2O3. The van der Waals surface area contributed by atoms with Gasteiger partial charge in [0.1, 0.15) is 5.60 Å². The number of halogens is 2. The second-order valence-electron chi connectivity index (χ2n) is 7.71. The SMILES string of the molecule is CN(Cc1ccc(Cl)c(Cl)c1)C(=O)C1CCCN(C(=O)OC(C)(C)C)C1. The van der Waals surface area contributed by atoms with Crippen LogP contribution in [-0.2, 0) is 16.1 Å². The van der Waals surface area contributed by atoms with Crippen molar-refractivity contribution in [2.45, 2.75) is 45.8 Å². The van der Waals surface area contributed by atoms with Gasteiger partial charge >= 0.3 is 6.09 Å². The average molecular weight is 401 g/mol. The van der Waals surface area contributed by atoms with Crippen molar-refractivity contribution >= 4 is 35.2 Å². The van der Waals surface area contributed by atoms with Gasteiger partial charge in [-0.05, 0) is 51.3 Å². The fourth-order valence-corrected chi connectivity index (χ4v) is 3.29. The Bertz CT molecular complexity index is 673. The molecule has 1 heterocycles. The van der Waals surface area contributed by atoms with E-state index < -0.39 is 5.60 Å². The number of amides is 2. The topological polar surface area (TPSA) is 49.9 Å². The van der Waals surface area contributed by atoms with Gasteiger partial charge in [-0.25, -0.2) is 4.79 Å². The minimum Gasteiger partial charge on any atom is -0.444 e. The molecule has 0 aromatic heterocycles. The van der Waals surface area contributed by atoms with Gasteiger partial charge in [0, 0.05) is 26.7 Å². The van der Waals surface area contributed by atoms with Crippen LogP contribution in [0.1, 0.15) is 39.2 Å². The zero-order valence-corrected chi connectivity index (χ0v) is 17.2. The molecule has 1 unspecified atom stereocenters. The van der Waals surface area contributed by atoms with Crippen LogP contribution < -0.4 is 0 Å². The van der Waals surface area contributed by atoms with Crippen molar-refractivity contribution in [2.24, 2.45) is 5.92 Å². The summed E-state index contributed by atoms with van der Waals surface area (Å²) in [5.74, 6) is -0.201. The molecule has 2 rings (SSSR count). The normalized spacial score (nSPS) is 17.8. The van der Waals surface area contributed by atoms with Gasteiger partial charge < -0.3 is 14.5 Å². The van der Waals surface area contributed by atoms with Gasteiger partial charge in [-0.1, -0.05) is 29.3 Å². The molecule has 0 spiro atoms. The van der Waals surface area contributed by atoms with E-state index in [0.717, 1.165) is 18.4 Å². The maximum absolute atomic E-state index is 12.8. The smallest absolute Gasteiger partial charge is 0.410 e. The third kappa shape index (κ3) is 5.78. The van der Waals surface area contributed by atoms with E-state index in [-0.39, 0.29) is 17.9 Å². The summed E-state index contributed by atoms with van der Waals surface area (Å²) in [5.41, 5.74) is 0.369. The number of nitrogens with zero attached hydrogens (tertiary/aromatic N) is 2. The van der Waals surface area contributed by atoms with Crippen molar-refractivity contribution in [3.05, 3.63) is 33.8 Å². The molecule has 2 amide bonds. The Labute approximate surface area is 165 Å². The number of carbonyl (C=O) groups is 2. The van der Waals surface area contributed by atoms with Gasteiger partial charge in [-0.15, -0.1) is 0 Å². The molecule has 26 heavy (non-hydrogen) atoms. The molecular weight excluding hydrogens is 375 g/mol. The quantitative estimate of drug-likeness (QED) is 0.744. The molecule has 0 N–H and O–H groups in total. The Hall–Kier alpha value is -1.46. The molecule has 1 saturated heterocycles. The molecule has 144 valence electrons. The first-order valence-corrected chi connectivity index (χ1v) is 9.49. The first-order valence-electron chi connectivity index (χ1n) is 8.73. The summed E-state index contributed by atoms with van der Waals surface area (Å²) in [6.45, 7) is 6.96. The maximum atomic E-state index is 12.8. The van der Waals surface area contributed by atoms with E-state index in [1.807, 2.05) is 26.8 Å². The lowest BCUT2D eigenvalue weighted by molar-refractivity contribution is -0.136. The molecule has 1 aliphatic heterocycles. The lowest BCUT2D eigenvalue weighted by Crippen LogP contribution is -2.47. The largest absolute Gasteiger partial charge is 0.444 e. The Kier molecular flexibility index (Phi) is 6.80. The number of ether oxygens (including phenoxy) is 1. The Balaban J connectivity index is 1.97. The van der Waals surface area contributed by atoms with Gasteiger partial charge in [-0.3, -0.25) is 4.79 Å². The molecule has 1 aliphatic rings. The van der Waals surface area contributed by atoms with Crippen molar-refractivity contribution in [2.75, 3.05) is 20.1 Å². The third-order valence-electron chi connectivity index (χ3n) is 4.20. The molecule has 1 atom stereocenters. The summed E-state index contributed by atoms with van der Waals surface area (Å²) in [6, 6.07) is 5.34. The monoisotopic (exact) mass is 400 g/mol. The Morgan fingerprint density at radius 3 is 2.58 bits per heavy atom. The molecule has 1 fully saturated rings. The van der Waals surface area contributed by atoms with Crippen molar-refractivity contribution < 1.29 is 14.3 Å². The van der Waals surface area contributed by atoms with Crippen LogP contribution in [-0.4, -0.2) is 47.5 Å². The minimum atomic E-state index is -0.543. The highest BCUT2D eigenvalue weighted by atomic mass is 35.5. The van der Waals surface area contributed by atoms with Gasteiger partial charge in [0.15, 0.2) is 0 Å². The number of hydrogen-bond donors (Lipinski definition) is 0. The standard InChI is InChI=1S/C19H26Cl2N2O3/c1-19(2,3)26-18(25)23-9-5-6-14(12-23)17(24)22(4)11-13-7-8-15(20)16(21)10-13/h7-8,10,14H,5-6,9,11-12H2,1-4H3. The van der Waals surface area contributed by atoms with E-state index in [0.29, 0.717) is 29.7 Å². The van der Waals surface area contributed by atoms with Crippen LogP contribution in [0.15, 0.2) is 18.2 Å². The molecule has 0 aliphatic carbocycles. The number of likely N-dealkylation sites (tertiary alicyclic amines) is 1. The van der Waals surface area contributed by atoms with Crippen LogP contribution in [0.5, 0.6) is 0 Å². The molecule has 0 radical (unpaired) electrons. The van der Waals surface area contributed by atoms with Gasteiger partial charge in [0.2, 0.25) is 5.91 Å². The van der Waals surface area contributed by atoms with E-state index in [9.17, 15) is 9.59 Å². The highest BCUT2D eigenvalue weighted by molar-refractivity contribution is 6.42. The van der Waals surface area contributed by atoms with E-state index in [1.165, 1.54) is 0 Å².